The van der Waals surface area contributed by atoms with Gasteiger partial charge in [-0.25, -0.2) is 13.0 Å². The molecule has 0 atom stereocenters. The highest BCUT2D eigenvalue weighted by molar-refractivity contribution is 7.85. The summed E-state index contributed by atoms with van der Waals surface area (Å²) >= 11 is 0. The molecule has 140 valence electrons. The zero-order chi connectivity index (χ0) is 20.0. The molecular formula is C20H19NO5S. The second kappa shape index (κ2) is 8.57. The van der Waals surface area contributed by atoms with Crippen LogP contribution in [0.2, 0.25) is 0 Å². The lowest BCUT2D eigenvalue weighted by atomic mass is 10.1. The minimum Gasteiger partial charge on any atom is -0.744 e. The molecule has 6 nitrogen and oxygen atoms in total. The monoisotopic (exact) mass is 385 g/mol. The van der Waals surface area contributed by atoms with Crippen molar-refractivity contribution in [2.24, 2.45) is 7.05 Å². The molecule has 3 aromatic rings. The van der Waals surface area contributed by atoms with Gasteiger partial charge in [0, 0.05) is 23.3 Å². The summed E-state index contributed by atoms with van der Waals surface area (Å²) < 4.78 is 33.5. The lowest BCUT2D eigenvalue weighted by Gasteiger charge is -2.09. The Morgan fingerprint density at radius 3 is 2.04 bits per heavy atom. The van der Waals surface area contributed by atoms with Gasteiger partial charge in [-0.2, -0.15) is 0 Å². The standard InChI is InChI=1S/C13H12NO.C7H8O4S/c1-14-9-7-12(8-10-14)13(15)11-5-3-2-4-6-11;1-5-2-3-6(8)4-7(5)12(9,10)11/h2-10H,1H3;2-4,8H,1H3,(H,9,10,11)/q+1;/p-1. The summed E-state index contributed by atoms with van der Waals surface area (Å²) in [5.41, 5.74) is 1.79. The van der Waals surface area contributed by atoms with E-state index in [0.29, 0.717) is 5.56 Å². The van der Waals surface area contributed by atoms with Crippen LogP contribution in [-0.2, 0) is 17.2 Å². The molecule has 0 aliphatic rings. The van der Waals surface area contributed by atoms with E-state index >= 15 is 0 Å². The molecule has 0 unspecified atom stereocenters. The Labute approximate surface area is 158 Å². The first-order valence-electron chi connectivity index (χ1n) is 7.99. The van der Waals surface area contributed by atoms with Gasteiger partial charge in [0.1, 0.15) is 22.9 Å². The maximum Gasteiger partial charge on any atom is 0.193 e. The highest BCUT2D eigenvalue weighted by atomic mass is 32.2. The number of carbonyl (C=O) groups excluding carboxylic acids is 1. The average Bonchev–Trinajstić information content (AvgIpc) is 2.64. The number of phenolic OH excluding ortho intramolecular Hbond substituents is 1. The molecule has 0 radical (unpaired) electrons. The van der Waals surface area contributed by atoms with E-state index in [1.165, 1.54) is 19.1 Å². The maximum atomic E-state index is 11.9. The Balaban J connectivity index is 0.000000199. The number of phenols is 1. The van der Waals surface area contributed by atoms with E-state index in [2.05, 4.69) is 0 Å². The first-order valence-corrected chi connectivity index (χ1v) is 9.40. The molecule has 0 bridgehead atoms. The number of aryl methyl sites for hydroxylation is 2. The molecule has 0 spiro atoms. The fourth-order valence-corrected chi connectivity index (χ4v) is 2.99. The molecule has 0 saturated heterocycles. The van der Waals surface area contributed by atoms with Crippen LogP contribution in [0, 0.1) is 6.92 Å². The predicted molar refractivity (Wildman–Crippen MR) is 98.3 cm³/mol. The summed E-state index contributed by atoms with van der Waals surface area (Å²) in [6.07, 6.45) is 3.74. The quantitative estimate of drug-likeness (QED) is 0.424. The normalized spacial score (nSPS) is 10.6. The molecule has 0 amide bonds. The third-order valence-electron chi connectivity index (χ3n) is 3.72. The number of benzene rings is 2. The van der Waals surface area contributed by atoms with Crippen molar-refractivity contribution in [3.05, 3.63) is 89.7 Å². The Morgan fingerprint density at radius 2 is 1.52 bits per heavy atom. The van der Waals surface area contributed by atoms with Crippen LogP contribution in [0.1, 0.15) is 21.5 Å². The number of aromatic nitrogens is 1. The minimum absolute atomic E-state index is 0.0659. The minimum atomic E-state index is -4.47. The van der Waals surface area contributed by atoms with Gasteiger partial charge in [-0.3, -0.25) is 4.79 Å². The van der Waals surface area contributed by atoms with Crippen molar-refractivity contribution in [3.8, 4) is 5.75 Å². The second-order valence-corrected chi connectivity index (χ2v) is 7.20. The van der Waals surface area contributed by atoms with Crippen molar-refractivity contribution >= 4 is 15.9 Å². The van der Waals surface area contributed by atoms with Crippen molar-refractivity contribution in [1.82, 2.24) is 0 Å². The highest BCUT2D eigenvalue weighted by Crippen LogP contribution is 2.19. The summed E-state index contributed by atoms with van der Waals surface area (Å²) in [4.78, 5) is 11.6. The molecule has 0 saturated carbocycles. The van der Waals surface area contributed by atoms with E-state index in [0.717, 1.165) is 17.2 Å². The van der Waals surface area contributed by atoms with Crippen molar-refractivity contribution in [3.63, 3.8) is 0 Å². The van der Waals surface area contributed by atoms with Crippen molar-refractivity contribution in [2.75, 3.05) is 0 Å². The van der Waals surface area contributed by atoms with Gasteiger partial charge < -0.3 is 9.66 Å². The molecule has 0 aliphatic heterocycles. The Hall–Kier alpha value is -3.03. The van der Waals surface area contributed by atoms with E-state index in [-0.39, 0.29) is 16.4 Å². The number of rotatable bonds is 3. The van der Waals surface area contributed by atoms with Gasteiger partial charge in [0.15, 0.2) is 18.2 Å². The fraction of sp³-hybridized carbons (Fsp3) is 0.100. The summed E-state index contributed by atoms with van der Waals surface area (Å²) in [5, 5.41) is 8.90. The van der Waals surface area contributed by atoms with Crippen LogP contribution in [0.15, 0.2) is 78.0 Å². The SMILES string of the molecule is C[n+]1ccc(C(=O)c2ccccc2)cc1.Cc1ccc(O)cc1S(=O)(=O)[O-]. The van der Waals surface area contributed by atoms with E-state index in [4.69, 9.17) is 5.11 Å². The third kappa shape index (κ3) is 5.73. The summed E-state index contributed by atoms with van der Waals surface area (Å²) in [6, 6.07) is 16.6. The van der Waals surface area contributed by atoms with Crippen molar-refractivity contribution < 1.29 is 27.4 Å². The fourth-order valence-electron chi connectivity index (χ4n) is 2.27. The largest absolute Gasteiger partial charge is 0.744 e. The van der Waals surface area contributed by atoms with E-state index in [9.17, 15) is 17.8 Å². The summed E-state index contributed by atoms with van der Waals surface area (Å²) in [7, 11) is -2.54. The van der Waals surface area contributed by atoms with Crippen LogP contribution in [0.5, 0.6) is 5.75 Å². The van der Waals surface area contributed by atoms with Gasteiger partial charge in [-0.05, 0) is 24.6 Å². The molecule has 3 rings (SSSR count). The number of pyridine rings is 1. The van der Waals surface area contributed by atoms with Crippen LogP contribution >= 0.6 is 0 Å². The number of aromatic hydroxyl groups is 1. The first-order chi connectivity index (χ1) is 12.7. The molecule has 0 aliphatic carbocycles. The molecule has 27 heavy (non-hydrogen) atoms. The van der Waals surface area contributed by atoms with Crippen LogP contribution in [0.25, 0.3) is 0 Å². The van der Waals surface area contributed by atoms with E-state index < -0.39 is 10.1 Å². The number of nitrogens with zero attached hydrogens (tertiary/aromatic N) is 1. The summed E-state index contributed by atoms with van der Waals surface area (Å²) in [6.45, 7) is 1.49. The van der Waals surface area contributed by atoms with Crippen LogP contribution in [0.3, 0.4) is 0 Å². The van der Waals surface area contributed by atoms with E-state index in [1.807, 2.05) is 66.5 Å². The second-order valence-electron chi connectivity index (χ2n) is 5.85. The average molecular weight is 385 g/mol. The van der Waals surface area contributed by atoms with Gasteiger partial charge in [0.05, 0.1) is 4.90 Å². The number of ketones is 1. The van der Waals surface area contributed by atoms with Crippen LogP contribution in [0.4, 0.5) is 0 Å². The smallest absolute Gasteiger partial charge is 0.193 e. The highest BCUT2D eigenvalue weighted by Gasteiger charge is 2.09. The third-order valence-corrected chi connectivity index (χ3v) is 4.70. The molecule has 1 N–H and O–H groups in total. The molecule has 1 heterocycles. The Morgan fingerprint density at radius 1 is 0.963 bits per heavy atom. The lowest BCUT2D eigenvalue weighted by molar-refractivity contribution is -0.671. The molecule has 7 heteroatoms. The van der Waals surface area contributed by atoms with Crippen molar-refractivity contribution in [1.29, 1.82) is 0 Å². The van der Waals surface area contributed by atoms with Crippen LogP contribution < -0.4 is 4.57 Å². The van der Waals surface area contributed by atoms with Gasteiger partial charge in [0.2, 0.25) is 0 Å². The maximum absolute atomic E-state index is 11.9. The van der Waals surface area contributed by atoms with E-state index in [1.54, 1.807) is 0 Å². The van der Waals surface area contributed by atoms with Crippen LogP contribution in [-0.4, -0.2) is 23.9 Å². The number of hydrogen-bond donors (Lipinski definition) is 1. The molecule has 2 aromatic carbocycles. The van der Waals surface area contributed by atoms with Crippen molar-refractivity contribution in [2.45, 2.75) is 11.8 Å². The molecular weight excluding hydrogens is 366 g/mol. The Bertz CT molecular complexity index is 1030. The number of hydrogen-bond acceptors (Lipinski definition) is 5. The zero-order valence-electron chi connectivity index (χ0n) is 14.9. The topological polar surface area (TPSA) is 98.4 Å². The lowest BCUT2D eigenvalue weighted by Crippen LogP contribution is -2.26. The zero-order valence-corrected chi connectivity index (χ0v) is 15.7. The molecule has 0 fully saturated rings. The summed E-state index contributed by atoms with van der Waals surface area (Å²) in [5.74, 6) is -0.161. The number of carbonyl (C=O) groups is 1. The van der Waals surface area contributed by atoms with Gasteiger partial charge in [0.25, 0.3) is 0 Å². The Kier molecular flexibility index (Phi) is 6.44. The first kappa shape index (κ1) is 20.3. The van der Waals surface area contributed by atoms with Gasteiger partial charge >= 0.3 is 0 Å². The van der Waals surface area contributed by atoms with Gasteiger partial charge in [-0.1, -0.05) is 36.4 Å². The van der Waals surface area contributed by atoms with Gasteiger partial charge in [-0.15, -0.1) is 0 Å². The molecule has 1 aromatic heterocycles. The predicted octanol–water partition coefficient (Wildman–Crippen LogP) is 2.35.